The molecule has 0 aliphatic rings. The van der Waals surface area contributed by atoms with Gasteiger partial charge in [0.25, 0.3) is 0 Å². The number of carboxylic acid groups (broad SMARTS) is 1. The van der Waals surface area contributed by atoms with E-state index in [-0.39, 0.29) is 6.61 Å². The first-order chi connectivity index (χ1) is 7.00. The molecule has 0 saturated carbocycles. The Hall–Kier alpha value is -0.550. The van der Waals surface area contributed by atoms with Gasteiger partial charge in [0.2, 0.25) is 0 Å². The highest BCUT2D eigenvalue weighted by molar-refractivity contribution is 9.11. The van der Waals surface area contributed by atoms with E-state index in [1.807, 2.05) is 12.1 Å². The van der Waals surface area contributed by atoms with E-state index in [1.54, 1.807) is 13.0 Å². The molecule has 0 amide bonds. The summed E-state index contributed by atoms with van der Waals surface area (Å²) >= 11 is 6.65. The van der Waals surface area contributed by atoms with Gasteiger partial charge in [-0.25, -0.2) is 0 Å². The second-order valence-electron chi connectivity index (χ2n) is 3.13. The minimum absolute atomic E-state index is 0.162. The zero-order chi connectivity index (χ0) is 11.4. The normalized spacial score (nSPS) is 12.2. The minimum Gasteiger partial charge on any atom is -0.492 e. The largest absolute Gasteiger partial charge is 0.492 e. The van der Waals surface area contributed by atoms with Crippen LogP contribution in [0.1, 0.15) is 6.92 Å². The van der Waals surface area contributed by atoms with Crippen LogP contribution in [0.4, 0.5) is 0 Å². The summed E-state index contributed by atoms with van der Waals surface area (Å²) in [5.74, 6) is -0.727. The van der Waals surface area contributed by atoms with Crippen LogP contribution in [-0.2, 0) is 4.79 Å². The molecule has 1 unspecified atom stereocenters. The number of hydrogen-bond acceptors (Lipinski definition) is 2. The van der Waals surface area contributed by atoms with E-state index in [9.17, 15) is 4.79 Å². The topological polar surface area (TPSA) is 46.5 Å². The summed E-state index contributed by atoms with van der Waals surface area (Å²) in [6, 6.07) is 5.47. The van der Waals surface area contributed by atoms with Crippen molar-refractivity contribution in [2.45, 2.75) is 6.92 Å². The highest BCUT2D eigenvalue weighted by Gasteiger charge is 2.12. The molecule has 5 heteroatoms. The molecule has 0 spiro atoms. The molecule has 1 aromatic carbocycles. The Bertz CT molecular complexity index is 366. The molecule has 1 aromatic rings. The molecule has 1 N–H and O–H groups in total. The van der Waals surface area contributed by atoms with Gasteiger partial charge in [0, 0.05) is 4.47 Å². The van der Waals surface area contributed by atoms with Gasteiger partial charge in [0.05, 0.1) is 10.4 Å². The number of ether oxygens (including phenoxy) is 1. The van der Waals surface area contributed by atoms with Crippen molar-refractivity contribution in [3.8, 4) is 5.75 Å². The maximum atomic E-state index is 10.6. The number of benzene rings is 1. The SMILES string of the molecule is CC(COc1ccc(Br)cc1Br)C(=O)O. The van der Waals surface area contributed by atoms with Crippen molar-refractivity contribution in [3.05, 3.63) is 27.1 Å². The van der Waals surface area contributed by atoms with Gasteiger partial charge in [-0.15, -0.1) is 0 Å². The average Bonchev–Trinajstić information content (AvgIpc) is 2.15. The number of halogens is 2. The van der Waals surface area contributed by atoms with Gasteiger partial charge in [-0.1, -0.05) is 15.9 Å². The first-order valence-corrected chi connectivity index (χ1v) is 5.90. The van der Waals surface area contributed by atoms with E-state index in [0.717, 1.165) is 8.95 Å². The van der Waals surface area contributed by atoms with Crippen LogP contribution in [0.2, 0.25) is 0 Å². The van der Waals surface area contributed by atoms with Crippen LogP contribution in [0.5, 0.6) is 5.75 Å². The lowest BCUT2D eigenvalue weighted by atomic mass is 10.2. The molecule has 0 radical (unpaired) electrons. The molecular formula is C10H10Br2O3. The lowest BCUT2D eigenvalue weighted by Crippen LogP contribution is -2.18. The molecule has 3 nitrogen and oxygen atoms in total. The summed E-state index contributed by atoms with van der Waals surface area (Å²) < 4.78 is 7.10. The first-order valence-electron chi connectivity index (χ1n) is 4.31. The van der Waals surface area contributed by atoms with Gasteiger partial charge in [-0.2, -0.15) is 0 Å². The predicted molar refractivity (Wildman–Crippen MR) is 64.1 cm³/mol. The summed E-state index contributed by atoms with van der Waals surface area (Å²) in [6.07, 6.45) is 0. The van der Waals surface area contributed by atoms with E-state index < -0.39 is 11.9 Å². The summed E-state index contributed by atoms with van der Waals surface area (Å²) in [5.41, 5.74) is 0. The fraction of sp³-hybridized carbons (Fsp3) is 0.300. The molecule has 1 atom stereocenters. The summed E-state index contributed by atoms with van der Waals surface area (Å²) in [6.45, 7) is 1.77. The van der Waals surface area contributed by atoms with Crippen molar-refractivity contribution < 1.29 is 14.6 Å². The Kier molecular flexibility index (Phi) is 4.60. The first kappa shape index (κ1) is 12.5. The molecule has 0 fully saturated rings. The van der Waals surface area contributed by atoms with Gasteiger partial charge < -0.3 is 9.84 Å². The molecule has 0 aliphatic carbocycles. The fourth-order valence-electron chi connectivity index (χ4n) is 0.878. The Morgan fingerprint density at radius 3 is 2.73 bits per heavy atom. The molecule has 82 valence electrons. The summed E-state index contributed by atoms with van der Waals surface area (Å²) in [5, 5.41) is 8.67. The Labute approximate surface area is 105 Å². The maximum Gasteiger partial charge on any atom is 0.309 e. The van der Waals surface area contributed by atoms with Crippen LogP contribution in [0.3, 0.4) is 0 Å². The lowest BCUT2D eigenvalue weighted by molar-refractivity contribution is -0.142. The van der Waals surface area contributed by atoms with Crippen molar-refractivity contribution in [2.24, 2.45) is 5.92 Å². The van der Waals surface area contributed by atoms with Gasteiger partial charge in [0.1, 0.15) is 12.4 Å². The highest BCUT2D eigenvalue weighted by Crippen LogP contribution is 2.28. The molecule has 0 aromatic heterocycles. The molecule has 0 aliphatic heterocycles. The van der Waals surface area contributed by atoms with Crippen LogP contribution in [0.25, 0.3) is 0 Å². The van der Waals surface area contributed by atoms with Crippen LogP contribution in [0.15, 0.2) is 27.1 Å². The number of rotatable bonds is 4. The monoisotopic (exact) mass is 336 g/mol. The van der Waals surface area contributed by atoms with Crippen molar-refractivity contribution in [1.29, 1.82) is 0 Å². The van der Waals surface area contributed by atoms with Gasteiger partial charge >= 0.3 is 5.97 Å². The third-order valence-electron chi connectivity index (χ3n) is 1.80. The van der Waals surface area contributed by atoms with Gasteiger partial charge in [-0.05, 0) is 41.1 Å². The van der Waals surface area contributed by atoms with E-state index in [4.69, 9.17) is 9.84 Å². The van der Waals surface area contributed by atoms with Crippen molar-refractivity contribution in [3.63, 3.8) is 0 Å². The lowest BCUT2D eigenvalue weighted by Gasteiger charge is -2.10. The number of aliphatic carboxylic acids is 1. The molecule has 15 heavy (non-hydrogen) atoms. The van der Waals surface area contributed by atoms with E-state index in [1.165, 1.54) is 0 Å². The number of carboxylic acids is 1. The maximum absolute atomic E-state index is 10.6. The van der Waals surface area contributed by atoms with Crippen LogP contribution in [-0.4, -0.2) is 17.7 Å². The Morgan fingerprint density at radius 2 is 2.20 bits per heavy atom. The zero-order valence-electron chi connectivity index (χ0n) is 8.04. The van der Waals surface area contributed by atoms with Crippen LogP contribution >= 0.6 is 31.9 Å². The fourth-order valence-corrected chi connectivity index (χ4v) is 2.04. The average molecular weight is 338 g/mol. The Balaban J connectivity index is 2.62. The van der Waals surface area contributed by atoms with Crippen LogP contribution < -0.4 is 4.74 Å². The highest BCUT2D eigenvalue weighted by atomic mass is 79.9. The minimum atomic E-state index is -0.858. The quantitative estimate of drug-likeness (QED) is 0.916. The molecule has 1 rings (SSSR count). The zero-order valence-corrected chi connectivity index (χ0v) is 11.2. The third kappa shape index (κ3) is 3.83. The Morgan fingerprint density at radius 1 is 1.53 bits per heavy atom. The van der Waals surface area contributed by atoms with Crippen LogP contribution in [0, 0.1) is 5.92 Å². The van der Waals surface area contributed by atoms with Gasteiger partial charge in [0.15, 0.2) is 0 Å². The molecular weight excluding hydrogens is 328 g/mol. The predicted octanol–water partition coefficient (Wildman–Crippen LogP) is 3.31. The van der Waals surface area contributed by atoms with E-state index in [2.05, 4.69) is 31.9 Å². The van der Waals surface area contributed by atoms with E-state index in [0.29, 0.717) is 5.75 Å². The van der Waals surface area contributed by atoms with E-state index >= 15 is 0 Å². The van der Waals surface area contributed by atoms with Crippen molar-refractivity contribution in [1.82, 2.24) is 0 Å². The van der Waals surface area contributed by atoms with Gasteiger partial charge in [-0.3, -0.25) is 4.79 Å². The van der Waals surface area contributed by atoms with Crippen molar-refractivity contribution >= 4 is 37.8 Å². The third-order valence-corrected chi connectivity index (χ3v) is 2.92. The number of hydrogen-bond donors (Lipinski definition) is 1. The smallest absolute Gasteiger partial charge is 0.309 e. The molecule has 0 saturated heterocycles. The summed E-state index contributed by atoms with van der Waals surface area (Å²) in [4.78, 5) is 10.6. The molecule has 0 heterocycles. The summed E-state index contributed by atoms with van der Waals surface area (Å²) in [7, 11) is 0. The standard InChI is InChI=1S/C10H10Br2O3/c1-6(10(13)14)5-15-9-3-2-7(11)4-8(9)12/h2-4,6H,5H2,1H3,(H,13,14). The van der Waals surface area contributed by atoms with Crippen molar-refractivity contribution in [2.75, 3.05) is 6.61 Å². The number of carbonyl (C=O) groups is 1. The second-order valence-corrected chi connectivity index (χ2v) is 4.90. The second kappa shape index (κ2) is 5.51. The molecule has 0 bridgehead atoms.